The average molecular weight is 188 g/mol. The number of methoxy groups -OCH3 is 1. The van der Waals surface area contributed by atoms with Gasteiger partial charge in [-0.3, -0.25) is 5.32 Å². The molecule has 5 nitrogen and oxygen atoms in total. The van der Waals surface area contributed by atoms with Gasteiger partial charge in [-0.15, -0.1) is 0 Å². The Hall–Kier alpha value is -2.22. The summed E-state index contributed by atoms with van der Waals surface area (Å²) in [4.78, 5) is 7.08. The van der Waals surface area contributed by atoms with Gasteiger partial charge in [-0.25, -0.2) is 4.98 Å². The first-order valence-corrected chi connectivity index (χ1v) is 4.02. The van der Waals surface area contributed by atoms with Crippen molar-refractivity contribution in [1.29, 1.82) is 5.26 Å². The third-order valence-corrected chi connectivity index (χ3v) is 1.86. The Morgan fingerprint density at radius 2 is 2.43 bits per heavy atom. The molecule has 0 aliphatic rings. The molecule has 1 aromatic carbocycles. The van der Waals surface area contributed by atoms with Gasteiger partial charge in [0.1, 0.15) is 5.75 Å². The van der Waals surface area contributed by atoms with Gasteiger partial charge in [-0.2, -0.15) is 5.26 Å². The van der Waals surface area contributed by atoms with Crippen molar-refractivity contribution in [3.8, 4) is 11.9 Å². The molecule has 0 spiro atoms. The van der Waals surface area contributed by atoms with E-state index in [1.165, 1.54) is 0 Å². The van der Waals surface area contributed by atoms with Crippen LogP contribution in [0.15, 0.2) is 18.2 Å². The van der Waals surface area contributed by atoms with Crippen molar-refractivity contribution >= 4 is 17.0 Å². The summed E-state index contributed by atoms with van der Waals surface area (Å²) in [7, 11) is 1.60. The fraction of sp³-hybridized carbons (Fsp3) is 0.111. The fourth-order valence-electron chi connectivity index (χ4n) is 1.23. The fourth-order valence-corrected chi connectivity index (χ4v) is 1.23. The highest BCUT2D eigenvalue weighted by atomic mass is 16.5. The highest BCUT2D eigenvalue weighted by Gasteiger charge is 2.02. The Bertz CT molecular complexity index is 497. The Morgan fingerprint density at radius 3 is 3.14 bits per heavy atom. The number of hydrogen-bond acceptors (Lipinski definition) is 4. The van der Waals surface area contributed by atoms with Crippen molar-refractivity contribution in [2.75, 3.05) is 12.4 Å². The van der Waals surface area contributed by atoms with Gasteiger partial charge >= 0.3 is 0 Å². The molecule has 0 aliphatic heterocycles. The van der Waals surface area contributed by atoms with E-state index in [1.54, 1.807) is 13.3 Å². The molecule has 2 aromatic rings. The molecule has 14 heavy (non-hydrogen) atoms. The summed E-state index contributed by atoms with van der Waals surface area (Å²) in [6, 6.07) is 5.47. The Morgan fingerprint density at radius 1 is 1.57 bits per heavy atom. The number of aromatic nitrogens is 2. The molecular weight excluding hydrogens is 180 g/mol. The summed E-state index contributed by atoms with van der Waals surface area (Å²) < 4.78 is 5.06. The molecule has 0 fully saturated rings. The van der Waals surface area contributed by atoms with Crippen molar-refractivity contribution in [2.24, 2.45) is 0 Å². The number of fused-ring (bicyclic) bond motifs is 1. The molecule has 0 amide bonds. The molecule has 1 aromatic heterocycles. The number of benzene rings is 1. The number of nitrogens with one attached hydrogen (secondary N) is 2. The highest BCUT2D eigenvalue weighted by molar-refractivity contribution is 5.79. The minimum absolute atomic E-state index is 0.441. The van der Waals surface area contributed by atoms with Crippen LogP contribution in [0.25, 0.3) is 11.0 Å². The first-order chi connectivity index (χ1) is 6.83. The lowest BCUT2D eigenvalue weighted by atomic mass is 10.3. The van der Waals surface area contributed by atoms with Crippen molar-refractivity contribution < 1.29 is 4.74 Å². The van der Waals surface area contributed by atoms with Crippen molar-refractivity contribution in [1.82, 2.24) is 9.97 Å². The predicted octanol–water partition coefficient (Wildman–Crippen LogP) is 1.46. The smallest absolute Gasteiger partial charge is 0.214 e. The number of hydrogen-bond donors (Lipinski definition) is 2. The van der Waals surface area contributed by atoms with Crippen molar-refractivity contribution in [3.63, 3.8) is 0 Å². The van der Waals surface area contributed by atoms with Gasteiger partial charge in [0, 0.05) is 6.07 Å². The van der Waals surface area contributed by atoms with E-state index in [9.17, 15) is 0 Å². The van der Waals surface area contributed by atoms with Crippen LogP contribution in [0.1, 0.15) is 0 Å². The van der Waals surface area contributed by atoms with Crippen LogP contribution in [0.3, 0.4) is 0 Å². The van der Waals surface area contributed by atoms with Gasteiger partial charge in [-0.1, -0.05) is 0 Å². The molecule has 0 saturated carbocycles. The minimum atomic E-state index is 0.441. The van der Waals surface area contributed by atoms with Crippen LogP contribution >= 0.6 is 0 Å². The van der Waals surface area contributed by atoms with E-state index in [1.807, 2.05) is 18.2 Å². The second-order valence-corrected chi connectivity index (χ2v) is 2.71. The largest absolute Gasteiger partial charge is 0.497 e. The Kier molecular flexibility index (Phi) is 1.95. The van der Waals surface area contributed by atoms with Gasteiger partial charge in [0.25, 0.3) is 0 Å². The maximum absolute atomic E-state index is 8.40. The van der Waals surface area contributed by atoms with E-state index in [2.05, 4.69) is 15.3 Å². The number of nitriles is 1. The molecule has 0 saturated heterocycles. The number of ether oxygens (including phenoxy) is 1. The topological polar surface area (TPSA) is 73.7 Å². The second-order valence-electron chi connectivity index (χ2n) is 2.71. The van der Waals surface area contributed by atoms with Gasteiger partial charge < -0.3 is 9.72 Å². The standard InChI is InChI=1S/C9H8N4O/c1-14-6-2-3-7-8(4-6)13-9(12-7)11-5-10/h2-4H,1H3,(H2,11,12,13). The molecule has 1 heterocycles. The SMILES string of the molecule is COc1ccc2nc(NC#N)[nH]c2c1. The summed E-state index contributed by atoms with van der Waals surface area (Å²) in [5.74, 6) is 1.19. The van der Waals surface area contributed by atoms with E-state index in [0.717, 1.165) is 16.8 Å². The summed E-state index contributed by atoms with van der Waals surface area (Å²) in [6.07, 6.45) is 1.80. The molecule has 0 aliphatic carbocycles. The summed E-state index contributed by atoms with van der Waals surface area (Å²) >= 11 is 0. The monoisotopic (exact) mass is 188 g/mol. The first kappa shape index (κ1) is 8.38. The molecule has 0 radical (unpaired) electrons. The molecule has 2 rings (SSSR count). The van der Waals surface area contributed by atoms with Crippen molar-refractivity contribution in [3.05, 3.63) is 18.2 Å². The van der Waals surface area contributed by atoms with Crippen molar-refractivity contribution in [2.45, 2.75) is 0 Å². The van der Waals surface area contributed by atoms with E-state index in [4.69, 9.17) is 10.00 Å². The third-order valence-electron chi connectivity index (χ3n) is 1.86. The average Bonchev–Trinajstić information content (AvgIpc) is 2.59. The maximum atomic E-state index is 8.40. The molecule has 70 valence electrons. The minimum Gasteiger partial charge on any atom is -0.497 e. The Labute approximate surface area is 80.3 Å². The van der Waals surface area contributed by atoms with Crippen LogP contribution in [-0.2, 0) is 0 Å². The zero-order chi connectivity index (χ0) is 9.97. The number of anilines is 1. The van der Waals surface area contributed by atoms with Gasteiger partial charge in [-0.05, 0) is 12.1 Å². The number of H-pyrrole nitrogens is 1. The first-order valence-electron chi connectivity index (χ1n) is 4.02. The molecule has 5 heteroatoms. The molecule has 0 bridgehead atoms. The summed E-state index contributed by atoms with van der Waals surface area (Å²) in [5.41, 5.74) is 1.63. The van der Waals surface area contributed by atoms with E-state index < -0.39 is 0 Å². The molecule has 0 unspecified atom stereocenters. The maximum Gasteiger partial charge on any atom is 0.214 e. The molecular formula is C9H8N4O. The predicted molar refractivity (Wildman–Crippen MR) is 51.9 cm³/mol. The van der Waals surface area contributed by atoms with Crippen LogP contribution in [0.4, 0.5) is 5.95 Å². The van der Waals surface area contributed by atoms with E-state index in [-0.39, 0.29) is 0 Å². The lowest BCUT2D eigenvalue weighted by Gasteiger charge is -1.96. The third kappa shape index (κ3) is 1.33. The quantitative estimate of drug-likeness (QED) is 0.552. The lowest BCUT2D eigenvalue weighted by Crippen LogP contribution is -1.87. The Balaban J connectivity index is 2.50. The zero-order valence-electron chi connectivity index (χ0n) is 7.53. The second kappa shape index (κ2) is 3.26. The number of nitrogens with zero attached hydrogens (tertiary/aromatic N) is 2. The van der Waals surface area contributed by atoms with Crippen LogP contribution in [-0.4, -0.2) is 17.1 Å². The number of rotatable bonds is 2. The van der Waals surface area contributed by atoms with Gasteiger partial charge in [0.05, 0.1) is 18.1 Å². The van der Waals surface area contributed by atoms with Gasteiger partial charge in [0.15, 0.2) is 6.19 Å². The summed E-state index contributed by atoms with van der Waals surface area (Å²) in [5, 5.41) is 10.8. The van der Waals surface area contributed by atoms with Gasteiger partial charge in [0.2, 0.25) is 5.95 Å². The van der Waals surface area contributed by atoms with E-state index >= 15 is 0 Å². The molecule has 2 N–H and O–H groups in total. The normalized spacial score (nSPS) is 9.71. The molecule has 0 atom stereocenters. The van der Waals surface area contributed by atoms with Crippen LogP contribution < -0.4 is 10.1 Å². The van der Waals surface area contributed by atoms with Crippen LogP contribution in [0.2, 0.25) is 0 Å². The zero-order valence-corrected chi connectivity index (χ0v) is 7.53. The summed E-state index contributed by atoms with van der Waals surface area (Å²) in [6.45, 7) is 0. The highest BCUT2D eigenvalue weighted by Crippen LogP contribution is 2.19. The number of imidazole rings is 1. The number of aromatic amines is 1. The van der Waals surface area contributed by atoms with E-state index in [0.29, 0.717) is 5.95 Å². The lowest BCUT2D eigenvalue weighted by molar-refractivity contribution is 0.415. The van der Waals surface area contributed by atoms with Crippen LogP contribution in [0, 0.1) is 11.5 Å². The van der Waals surface area contributed by atoms with Crippen LogP contribution in [0.5, 0.6) is 5.75 Å².